The van der Waals surface area contributed by atoms with Gasteiger partial charge in [0.2, 0.25) is 10.0 Å². The molecule has 156 valence electrons. The van der Waals surface area contributed by atoms with E-state index in [4.69, 9.17) is 0 Å². The van der Waals surface area contributed by atoms with Crippen LogP contribution in [-0.4, -0.2) is 59.9 Å². The Morgan fingerprint density at radius 2 is 1.85 bits per heavy atom. The van der Waals surface area contributed by atoms with Crippen LogP contribution < -0.4 is 20.3 Å². The van der Waals surface area contributed by atoms with Gasteiger partial charge in [-0.2, -0.15) is 0 Å². The fourth-order valence-electron chi connectivity index (χ4n) is 2.45. The van der Waals surface area contributed by atoms with E-state index in [1.54, 1.807) is 14.0 Å². The van der Waals surface area contributed by atoms with Gasteiger partial charge in [0.1, 0.15) is 0 Å². The van der Waals surface area contributed by atoms with Gasteiger partial charge in [-0.3, -0.25) is 4.99 Å². The summed E-state index contributed by atoms with van der Waals surface area (Å²) in [7, 11) is -1.38. The van der Waals surface area contributed by atoms with E-state index in [0.717, 1.165) is 25.6 Å². The number of aliphatic imine (C=N–C) groups is 1. The minimum absolute atomic E-state index is 0. The van der Waals surface area contributed by atoms with Crippen molar-refractivity contribution in [3.8, 4) is 0 Å². The molecule has 0 aliphatic rings. The summed E-state index contributed by atoms with van der Waals surface area (Å²) < 4.78 is 25.3. The normalized spacial score (nSPS) is 11.6. The lowest BCUT2D eigenvalue weighted by molar-refractivity contribution is 0.579. The monoisotopic (exact) mass is 511 g/mol. The van der Waals surface area contributed by atoms with Gasteiger partial charge in [-0.05, 0) is 44.9 Å². The third-order valence-corrected chi connectivity index (χ3v) is 5.40. The molecule has 0 amide bonds. The predicted octanol–water partition coefficient (Wildman–Crippen LogP) is 1.93. The van der Waals surface area contributed by atoms with Crippen molar-refractivity contribution in [1.29, 1.82) is 0 Å². The molecule has 0 aliphatic heterocycles. The maximum atomic E-state index is 11.4. The van der Waals surface area contributed by atoms with Gasteiger partial charge in [-0.15, -0.1) is 24.0 Å². The molecular formula is C18H34IN5O2S. The van der Waals surface area contributed by atoms with Crippen molar-refractivity contribution in [2.75, 3.05) is 50.4 Å². The van der Waals surface area contributed by atoms with Gasteiger partial charge in [0.15, 0.2) is 5.96 Å². The van der Waals surface area contributed by atoms with Crippen LogP contribution in [0.15, 0.2) is 29.3 Å². The number of halogens is 1. The minimum Gasteiger partial charge on any atom is -0.370 e. The molecule has 7 nitrogen and oxygen atoms in total. The molecule has 0 saturated heterocycles. The molecule has 0 fully saturated rings. The van der Waals surface area contributed by atoms with E-state index in [1.807, 2.05) is 0 Å². The van der Waals surface area contributed by atoms with Crippen molar-refractivity contribution < 1.29 is 8.42 Å². The van der Waals surface area contributed by atoms with E-state index in [0.29, 0.717) is 19.5 Å². The Kier molecular flexibility index (Phi) is 13.4. The first-order chi connectivity index (χ1) is 12.4. The first-order valence-corrected chi connectivity index (χ1v) is 10.8. The molecule has 0 aromatic heterocycles. The van der Waals surface area contributed by atoms with Crippen LogP contribution in [0.4, 0.5) is 5.69 Å². The van der Waals surface area contributed by atoms with Crippen LogP contribution in [0.5, 0.6) is 0 Å². The minimum atomic E-state index is -3.11. The maximum absolute atomic E-state index is 11.4. The van der Waals surface area contributed by atoms with Crippen LogP contribution in [0.2, 0.25) is 0 Å². The van der Waals surface area contributed by atoms with Crippen molar-refractivity contribution >= 4 is 45.6 Å². The highest BCUT2D eigenvalue weighted by atomic mass is 127. The van der Waals surface area contributed by atoms with Crippen molar-refractivity contribution in [3.63, 3.8) is 0 Å². The lowest BCUT2D eigenvalue weighted by atomic mass is 10.2. The largest absolute Gasteiger partial charge is 0.370 e. The van der Waals surface area contributed by atoms with E-state index in [2.05, 4.69) is 63.4 Å². The molecule has 27 heavy (non-hydrogen) atoms. The Bertz CT molecular complexity index is 667. The number of hydrogen-bond donors (Lipinski definition) is 3. The summed E-state index contributed by atoms with van der Waals surface area (Å²) in [6, 6.07) is 8.49. The number of likely N-dealkylation sites (N-methyl/N-ethyl adjacent to an activating group) is 1. The van der Waals surface area contributed by atoms with Crippen molar-refractivity contribution in [2.24, 2.45) is 4.99 Å². The summed E-state index contributed by atoms with van der Waals surface area (Å²) in [5, 5.41) is 6.50. The van der Waals surface area contributed by atoms with Gasteiger partial charge in [-0.25, -0.2) is 13.1 Å². The van der Waals surface area contributed by atoms with Crippen LogP contribution >= 0.6 is 24.0 Å². The zero-order valence-corrected chi connectivity index (χ0v) is 19.9. The Morgan fingerprint density at radius 1 is 1.15 bits per heavy atom. The van der Waals surface area contributed by atoms with Gasteiger partial charge in [-0.1, -0.05) is 12.1 Å². The quantitative estimate of drug-likeness (QED) is 0.183. The molecule has 0 spiro atoms. The number of anilines is 1. The third kappa shape index (κ3) is 10.7. The number of hydrogen-bond acceptors (Lipinski definition) is 4. The summed E-state index contributed by atoms with van der Waals surface area (Å²) in [5.41, 5.74) is 2.48. The molecule has 0 radical (unpaired) electrons. The van der Waals surface area contributed by atoms with Gasteiger partial charge < -0.3 is 15.5 Å². The van der Waals surface area contributed by atoms with E-state index in [1.165, 1.54) is 11.3 Å². The van der Waals surface area contributed by atoms with E-state index < -0.39 is 10.0 Å². The average molecular weight is 511 g/mol. The number of sulfonamides is 1. The Balaban J connectivity index is 0.00000676. The van der Waals surface area contributed by atoms with Gasteiger partial charge >= 0.3 is 0 Å². The third-order valence-electron chi connectivity index (χ3n) is 3.99. The van der Waals surface area contributed by atoms with Crippen molar-refractivity contribution in [2.45, 2.75) is 27.2 Å². The fourth-order valence-corrected chi connectivity index (χ4v) is 3.11. The Morgan fingerprint density at radius 3 is 2.44 bits per heavy atom. The van der Waals surface area contributed by atoms with E-state index in [9.17, 15) is 8.42 Å². The second kappa shape index (κ2) is 14.0. The summed E-state index contributed by atoms with van der Waals surface area (Å²) in [5.74, 6) is 0.835. The molecule has 1 aromatic carbocycles. The van der Waals surface area contributed by atoms with Crippen LogP contribution in [0.3, 0.4) is 0 Å². The summed E-state index contributed by atoms with van der Waals surface area (Å²) in [4.78, 5) is 6.51. The molecule has 0 aliphatic carbocycles. The zero-order valence-electron chi connectivity index (χ0n) is 16.8. The summed E-state index contributed by atoms with van der Waals surface area (Å²) >= 11 is 0. The smallest absolute Gasteiger partial charge is 0.211 e. The fraction of sp³-hybridized carbons (Fsp3) is 0.611. The number of benzene rings is 1. The molecule has 0 unspecified atom stereocenters. The number of aryl methyl sites for hydroxylation is 1. The van der Waals surface area contributed by atoms with Crippen LogP contribution in [0.25, 0.3) is 0 Å². The molecule has 1 aromatic rings. The Hall–Kier alpha value is -1.07. The SMILES string of the molecule is CCN(CCNC(=NC)NCCCNS(=O)(=O)CC)c1cccc(C)c1.I. The molecule has 0 heterocycles. The first kappa shape index (κ1) is 25.9. The van der Waals surface area contributed by atoms with E-state index >= 15 is 0 Å². The predicted molar refractivity (Wildman–Crippen MR) is 126 cm³/mol. The number of nitrogens with zero attached hydrogens (tertiary/aromatic N) is 2. The standard InChI is InChI=1S/C18H33N5O2S.HI/c1-5-23(17-10-7-9-16(3)15-17)14-13-21-18(19-4)20-11-8-12-22-26(24,25)6-2;/h7,9-10,15,22H,5-6,8,11-14H2,1-4H3,(H2,19,20,21);1H. The highest BCUT2D eigenvalue weighted by molar-refractivity contribution is 14.0. The molecule has 3 N–H and O–H groups in total. The second-order valence-electron chi connectivity index (χ2n) is 6.00. The van der Waals surface area contributed by atoms with Crippen LogP contribution in [-0.2, 0) is 10.0 Å². The first-order valence-electron chi connectivity index (χ1n) is 9.15. The lowest BCUT2D eigenvalue weighted by Crippen LogP contribution is -2.42. The molecular weight excluding hydrogens is 477 g/mol. The maximum Gasteiger partial charge on any atom is 0.211 e. The lowest BCUT2D eigenvalue weighted by Gasteiger charge is -2.24. The Labute approximate surface area is 181 Å². The van der Waals surface area contributed by atoms with Crippen LogP contribution in [0.1, 0.15) is 25.8 Å². The highest BCUT2D eigenvalue weighted by Gasteiger charge is 2.06. The van der Waals surface area contributed by atoms with Gasteiger partial charge in [0.05, 0.1) is 5.75 Å². The molecule has 0 atom stereocenters. The van der Waals surface area contributed by atoms with E-state index in [-0.39, 0.29) is 29.7 Å². The molecule has 9 heteroatoms. The molecule has 0 saturated carbocycles. The zero-order chi connectivity index (χ0) is 19.4. The number of rotatable bonds is 11. The topological polar surface area (TPSA) is 85.8 Å². The van der Waals surface area contributed by atoms with Crippen molar-refractivity contribution in [1.82, 2.24) is 15.4 Å². The number of guanidine groups is 1. The molecule has 1 rings (SSSR count). The van der Waals surface area contributed by atoms with Gasteiger partial charge in [0, 0.05) is 45.5 Å². The summed E-state index contributed by atoms with van der Waals surface area (Å²) in [6.07, 6.45) is 0.699. The number of nitrogens with one attached hydrogen (secondary N) is 3. The van der Waals surface area contributed by atoms with Gasteiger partial charge in [0.25, 0.3) is 0 Å². The second-order valence-corrected chi connectivity index (χ2v) is 8.09. The summed E-state index contributed by atoms with van der Waals surface area (Å²) in [6.45, 7) is 9.53. The van der Waals surface area contributed by atoms with Crippen LogP contribution in [0, 0.1) is 6.92 Å². The average Bonchev–Trinajstić information content (AvgIpc) is 2.63. The molecule has 0 bridgehead atoms. The highest BCUT2D eigenvalue weighted by Crippen LogP contribution is 2.14. The van der Waals surface area contributed by atoms with Crippen molar-refractivity contribution in [3.05, 3.63) is 29.8 Å².